The van der Waals surface area contributed by atoms with Gasteiger partial charge < -0.3 is 9.64 Å². The minimum atomic E-state index is -3.54. The molecule has 136 valence electrons. The fourth-order valence-electron chi connectivity index (χ4n) is 3.38. The zero-order valence-corrected chi connectivity index (χ0v) is 16.2. The van der Waals surface area contributed by atoms with Crippen LogP contribution in [-0.2, 0) is 10.0 Å². The molecule has 0 aromatic heterocycles. The minimum absolute atomic E-state index is 0.161. The molecule has 1 aromatic carbocycles. The van der Waals surface area contributed by atoms with Crippen LogP contribution in [0.5, 0.6) is 5.75 Å². The predicted molar refractivity (Wildman–Crippen MR) is 97.2 cm³/mol. The van der Waals surface area contributed by atoms with Crippen LogP contribution in [-0.4, -0.2) is 46.6 Å². The lowest BCUT2D eigenvalue weighted by Crippen LogP contribution is -2.40. The van der Waals surface area contributed by atoms with Crippen LogP contribution in [0.2, 0.25) is 5.02 Å². The Morgan fingerprint density at radius 2 is 1.96 bits per heavy atom. The molecule has 1 aromatic rings. The molecule has 2 unspecified atom stereocenters. The van der Waals surface area contributed by atoms with Crippen LogP contribution >= 0.6 is 11.6 Å². The number of nitrogens with zero attached hydrogens (tertiary/aromatic N) is 1. The van der Waals surface area contributed by atoms with Crippen molar-refractivity contribution in [1.29, 1.82) is 0 Å². The molecule has 0 spiro atoms. The maximum atomic E-state index is 12.3. The summed E-state index contributed by atoms with van der Waals surface area (Å²) in [5.74, 6) is 1.89. The molecule has 1 aliphatic rings. The molecule has 0 radical (unpaired) electrons. The van der Waals surface area contributed by atoms with Gasteiger partial charge in [-0.25, -0.2) is 13.1 Å². The van der Waals surface area contributed by atoms with Crippen LogP contribution < -0.4 is 9.46 Å². The first-order valence-electron chi connectivity index (χ1n) is 8.37. The molecule has 1 aliphatic heterocycles. The van der Waals surface area contributed by atoms with Crippen LogP contribution in [0.3, 0.4) is 0 Å². The summed E-state index contributed by atoms with van der Waals surface area (Å²) in [6.45, 7) is 8.10. The van der Waals surface area contributed by atoms with Crippen LogP contribution in [0, 0.1) is 11.8 Å². The zero-order chi connectivity index (χ0) is 17.7. The first-order valence-corrected chi connectivity index (χ1v) is 10.2. The first-order chi connectivity index (χ1) is 11.3. The Hall–Kier alpha value is -0.820. The van der Waals surface area contributed by atoms with Crippen LogP contribution in [0.25, 0.3) is 0 Å². The minimum Gasteiger partial charge on any atom is -0.495 e. The third kappa shape index (κ3) is 5.34. The molecule has 5 nitrogen and oxygen atoms in total. The number of rotatable bonds is 7. The first kappa shape index (κ1) is 19.5. The van der Waals surface area contributed by atoms with Gasteiger partial charge >= 0.3 is 0 Å². The van der Waals surface area contributed by atoms with Gasteiger partial charge in [0, 0.05) is 19.6 Å². The monoisotopic (exact) mass is 374 g/mol. The summed E-state index contributed by atoms with van der Waals surface area (Å²) in [6, 6.07) is 4.48. The predicted octanol–water partition coefficient (Wildman–Crippen LogP) is 2.99. The van der Waals surface area contributed by atoms with Crippen molar-refractivity contribution < 1.29 is 13.2 Å². The Kier molecular flexibility index (Phi) is 6.92. The SMILES string of the molecule is COc1ccc(S(=O)(=O)NCCCN2CC(C)CC(C)C2)cc1Cl. The van der Waals surface area contributed by atoms with Crippen molar-refractivity contribution in [3.05, 3.63) is 23.2 Å². The van der Waals surface area contributed by atoms with Gasteiger partial charge in [0.1, 0.15) is 5.75 Å². The largest absolute Gasteiger partial charge is 0.495 e. The summed E-state index contributed by atoms with van der Waals surface area (Å²) in [7, 11) is -2.04. The van der Waals surface area contributed by atoms with E-state index in [0.717, 1.165) is 26.1 Å². The number of halogens is 1. The number of sulfonamides is 1. The maximum Gasteiger partial charge on any atom is 0.240 e. The number of benzene rings is 1. The summed E-state index contributed by atoms with van der Waals surface area (Å²) in [5, 5.41) is 0.289. The number of hydrogen-bond donors (Lipinski definition) is 1. The van der Waals surface area contributed by atoms with Gasteiger partial charge in [-0.1, -0.05) is 25.4 Å². The van der Waals surface area contributed by atoms with Gasteiger partial charge in [-0.05, 0) is 49.4 Å². The van der Waals surface area contributed by atoms with Crippen molar-refractivity contribution in [1.82, 2.24) is 9.62 Å². The highest BCUT2D eigenvalue weighted by molar-refractivity contribution is 7.89. The molecule has 24 heavy (non-hydrogen) atoms. The normalized spacial score (nSPS) is 22.5. The topological polar surface area (TPSA) is 58.6 Å². The van der Waals surface area contributed by atoms with Crippen molar-refractivity contribution in [2.75, 3.05) is 33.3 Å². The van der Waals surface area contributed by atoms with E-state index < -0.39 is 10.0 Å². The summed E-state index contributed by atoms with van der Waals surface area (Å²) in [6.07, 6.45) is 2.07. The Morgan fingerprint density at radius 3 is 2.54 bits per heavy atom. The van der Waals surface area contributed by atoms with Crippen molar-refractivity contribution in [3.8, 4) is 5.75 Å². The quantitative estimate of drug-likeness (QED) is 0.745. The lowest BCUT2D eigenvalue weighted by atomic mass is 9.92. The van der Waals surface area contributed by atoms with Crippen molar-refractivity contribution in [3.63, 3.8) is 0 Å². The molecule has 2 rings (SSSR count). The molecule has 1 heterocycles. The molecule has 0 amide bonds. The number of ether oxygens (including phenoxy) is 1. The van der Waals surface area contributed by atoms with Crippen molar-refractivity contribution in [2.24, 2.45) is 11.8 Å². The highest BCUT2D eigenvalue weighted by atomic mass is 35.5. The second kappa shape index (κ2) is 8.52. The molecular weight excluding hydrogens is 348 g/mol. The second-order valence-electron chi connectivity index (χ2n) is 6.75. The van der Waals surface area contributed by atoms with E-state index in [-0.39, 0.29) is 9.92 Å². The van der Waals surface area contributed by atoms with Gasteiger partial charge in [0.25, 0.3) is 0 Å². The standard InChI is InChI=1S/C17H27ClN2O3S/c1-13-9-14(2)12-20(11-13)8-4-7-19-24(21,22)15-5-6-17(23-3)16(18)10-15/h5-6,10,13-14,19H,4,7-9,11-12H2,1-3H3. The highest BCUT2D eigenvalue weighted by Gasteiger charge is 2.21. The third-order valence-electron chi connectivity index (χ3n) is 4.32. The number of methoxy groups -OCH3 is 1. The fraction of sp³-hybridized carbons (Fsp3) is 0.647. The average Bonchev–Trinajstić information content (AvgIpc) is 2.50. The van der Waals surface area contributed by atoms with Crippen molar-refractivity contribution >= 4 is 21.6 Å². The number of piperidine rings is 1. The summed E-state index contributed by atoms with van der Waals surface area (Å²) >= 11 is 6.00. The van der Waals surface area contributed by atoms with Crippen LogP contribution in [0.1, 0.15) is 26.7 Å². The van der Waals surface area contributed by atoms with Crippen molar-refractivity contribution in [2.45, 2.75) is 31.6 Å². The average molecular weight is 375 g/mol. The lowest BCUT2D eigenvalue weighted by Gasteiger charge is -2.34. The summed E-state index contributed by atoms with van der Waals surface area (Å²) in [5.41, 5.74) is 0. The van der Waals surface area contributed by atoms with E-state index in [9.17, 15) is 8.42 Å². The van der Waals surface area contributed by atoms with Crippen LogP contribution in [0.15, 0.2) is 23.1 Å². The van der Waals surface area contributed by atoms with E-state index in [0.29, 0.717) is 24.1 Å². The van der Waals surface area contributed by atoms with E-state index >= 15 is 0 Å². The third-order valence-corrected chi connectivity index (χ3v) is 6.08. The molecule has 2 atom stereocenters. The molecule has 0 aliphatic carbocycles. The van der Waals surface area contributed by atoms with Gasteiger partial charge in [-0.15, -0.1) is 0 Å². The number of nitrogens with one attached hydrogen (secondary N) is 1. The van der Waals surface area contributed by atoms with Crippen LogP contribution in [0.4, 0.5) is 0 Å². The van der Waals surface area contributed by atoms with E-state index in [1.165, 1.54) is 25.7 Å². The molecule has 0 bridgehead atoms. The smallest absolute Gasteiger partial charge is 0.240 e. The van der Waals surface area contributed by atoms with Gasteiger partial charge in [-0.2, -0.15) is 0 Å². The summed E-state index contributed by atoms with van der Waals surface area (Å²) < 4.78 is 32.3. The van der Waals surface area contributed by atoms with Gasteiger partial charge in [0.15, 0.2) is 0 Å². The molecule has 1 fully saturated rings. The van der Waals surface area contributed by atoms with Gasteiger partial charge in [-0.3, -0.25) is 0 Å². The van der Waals surface area contributed by atoms with E-state index in [4.69, 9.17) is 16.3 Å². The Labute approximate surface area is 150 Å². The molecule has 1 N–H and O–H groups in total. The Morgan fingerprint density at radius 1 is 1.29 bits per heavy atom. The van der Waals surface area contributed by atoms with Gasteiger partial charge in [0.2, 0.25) is 10.0 Å². The lowest BCUT2D eigenvalue weighted by molar-refractivity contribution is 0.140. The molecule has 0 saturated carbocycles. The van der Waals surface area contributed by atoms with Gasteiger partial charge in [0.05, 0.1) is 17.0 Å². The summed E-state index contributed by atoms with van der Waals surface area (Å²) in [4.78, 5) is 2.59. The molecular formula is C17H27ClN2O3S. The number of hydrogen-bond acceptors (Lipinski definition) is 4. The molecule has 1 saturated heterocycles. The molecule has 7 heteroatoms. The fourth-order valence-corrected chi connectivity index (χ4v) is 4.80. The van der Waals surface area contributed by atoms with E-state index in [1.807, 2.05) is 0 Å². The second-order valence-corrected chi connectivity index (χ2v) is 8.93. The maximum absolute atomic E-state index is 12.3. The van der Waals surface area contributed by atoms with E-state index in [2.05, 4.69) is 23.5 Å². The van der Waals surface area contributed by atoms with E-state index in [1.54, 1.807) is 6.07 Å². The Balaban J connectivity index is 1.83. The number of likely N-dealkylation sites (tertiary alicyclic amines) is 1. The zero-order valence-electron chi connectivity index (χ0n) is 14.6. The highest BCUT2D eigenvalue weighted by Crippen LogP contribution is 2.26. The Bertz CT molecular complexity index is 641.